The zero-order valence-corrected chi connectivity index (χ0v) is 13.3. The fraction of sp³-hybridized carbons (Fsp3) is 0.857. The van der Waals surface area contributed by atoms with Crippen LogP contribution in [0.15, 0.2) is 0 Å². The molecule has 0 aromatic heterocycles. The monoisotopic (exact) mass is 240 g/mol. The maximum absolute atomic E-state index is 6.40. The lowest BCUT2D eigenvalue weighted by molar-refractivity contribution is 0.138. The second-order valence-electron chi connectivity index (χ2n) is 6.29. The Kier molecular flexibility index (Phi) is 5.79. The van der Waals surface area contributed by atoms with Crippen molar-refractivity contribution in [2.45, 2.75) is 72.2 Å². The molecule has 0 saturated heterocycles. The van der Waals surface area contributed by atoms with E-state index in [1.807, 2.05) is 6.92 Å². The van der Waals surface area contributed by atoms with Gasteiger partial charge in [-0.25, -0.2) is 0 Å². The van der Waals surface area contributed by atoms with E-state index in [0.717, 1.165) is 6.42 Å². The lowest BCUT2D eigenvalue weighted by Crippen LogP contribution is -2.45. The molecule has 1 atom stereocenters. The van der Waals surface area contributed by atoms with Crippen molar-refractivity contribution in [1.29, 1.82) is 0 Å². The molecule has 0 N–H and O–H groups in total. The Hall–Kier alpha value is -0.263. The molecule has 0 spiro atoms. The molecule has 0 saturated carbocycles. The van der Waals surface area contributed by atoms with Gasteiger partial charge >= 0.3 is 0 Å². The first kappa shape index (κ1) is 15.7. The van der Waals surface area contributed by atoms with E-state index in [2.05, 4.69) is 59.6 Å². The van der Waals surface area contributed by atoms with Crippen LogP contribution in [0.4, 0.5) is 0 Å². The maximum Gasteiger partial charge on any atom is 0.192 e. The summed E-state index contributed by atoms with van der Waals surface area (Å²) in [5.74, 6) is 6.65. The first-order chi connectivity index (χ1) is 7.12. The lowest BCUT2D eigenvalue weighted by atomic mass is 10.1. The highest BCUT2D eigenvalue weighted by Crippen LogP contribution is 2.38. The van der Waals surface area contributed by atoms with Crippen LogP contribution in [0.3, 0.4) is 0 Å². The van der Waals surface area contributed by atoms with Gasteiger partial charge in [0.25, 0.3) is 0 Å². The summed E-state index contributed by atoms with van der Waals surface area (Å²) in [6.07, 6.45) is 1.15. The SMILES string of the molecule is CC#CC[C@H](O[Si](C)(C)C(C)(C)C)C(C)C. The zero-order valence-electron chi connectivity index (χ0n) is 12.3. The van der Waals surface area contributed by atoms with Gasteiger partial charge in [-0.15, -0.1) is 11.8 Å². The average Bonchev–Trinajstić information content (AvgIpc) is 2.09. The van der Waals surface area contributed by atoms with E-state index in [1.165, 1.54) is 0 Å². The minimum absolute atomic E-state index is 0.278. The van der Waals surface area contributed by atoms with Gasteiger partial charge in [0, 0.05) is 6.42 Å². The van der Waals surface area contributed by atoms with Crippen LogP contribution in [0.25, 0.3) is 0 Å². The number of rotatable bonds is 4. The predicted octanol–water partition coefficient (Wildman–Crippen LogP) is 4.45. The molecule has 1 nitrogen and oxygen atoms in total. The number of hydrogen-bond acceptors (Lipinski definition) is 1. The van der Waals surface area contributed by atoms with Crippen LogP contribution >= 0.6 is 0 Å². The minimum atomic E-state index is -1.65. The Morgan fingerprint density at radius 2 is 1.69 bits per heavy atom. The van der Waals surface area contributed by atoms with E-state index >= 15 is 0 Å². The standard InChI is InChI=1S/C14H28OSi/c1-9-10-11-13(12(2)3)15-16(7,8)14(4,5)6/h12-13H,11H2,1-8H3/t13-/m0/s1. The quantitative estimate of drug-likeness (QED) is 0.521. The molecule has 0 aromatic rings. The summed E-state index contributed by atoms with van der Waals surface area (Å²) in [6, 6.07) is 0. The van der Waals surface area contributed by atoms with E-state index in [-0.39, 0.29) is 11.1 Å². The first-order valence-electron chi connectivity index (χ1n) is 6.19. The summed E-state index contributed by atoms with van der Waals surface area (Å²) in [5.41, 5.74) is 0. The van der Waals surface area contributed by atoms with Crippen LogP contribution < -0.4 is 0 Å². The molecule has 0 unspecified atom stereocenters. The molecule has 94 valence electrons. The van der Waals surface area contributed by atoms with E-state index in [0.29, 0.717) is 5.92 Å². The topological polar surface area (TPSA) is 9.23 Å². The number of hydrogen-bond donors (Lipinski definition) is 0. The van der Waals surface area contributed by atoms with Crippen LogP contribution in [0.1, 0.15) is 48.0 Å². The van der Waals surface area contributed by atoms with Crippen LogP contribution in [-0.4, -0.2) is 14.4 Å². The van der Waals surface area contributed by atoms with Gasteiger partial charge < -0.3 is 4.43 Å². The Morgan fingerprint density at radius 3 is 2.00 bits per heavy atom. The van der Waals surface area contributed by atoms with Crippen LogP contribution in [0.5, 0.6) is 0 Å². The highest BCUT2D eigenvalue weighted by molar-refractivity contribution is 6.74. The Bertz CT molecular complexity index is 263. The van der Waals surface area contributed by atoms with Crippen molar-refractivity contribution in [3.8, 4) is 11.8 Å². The van der Waals surface area contributed by atoms with Crippen molar-refractivity contribution in [3.63, 3.8) is 0 Å². The van der Waals surface area contributed by atoms with Crippen molar-refractivity contribution in [2.24, 2.45) is 5.92 Å². The molecule has 0 fully saturated rings. The van der Waals surface area contributed by atoms with Gasteiger partial charge in [-0.05, 0) is 31.0 Å². The van der Waals surface area contributed by atoms with E-state index in [4.69, 9.17) is 4.43 Å². The molecule has 0 rings (SSSR count). The first-order valence-corrected chi connectivity index (χ1v) is 9.10. The smallest absolute Gasteiger partial charge is 0.192 e. The fourth-order valence-corrected chi connectivity index (χ4v) is 2.64. The summed E-state index contributed by atoms with van der Waals surface area (Å²) in [6.45, 7) is 17.8. The molecule has 0 aromatic carbocycles. The Labute approximate surface area is 103 Å². The molecule has 0 heterocycles. The van der Waals surface area contributed by atoms with Crippen molar-refractivity contribution in [2.75, 3.05) is 0 Å². The van der Waals surface area contributed by atoms with Gasteiger partial charge in [0.05, 0.1) is 6.10 Å². The van der Waals surface area contributed by atoms with Crippen LogP contribution in [0, 0.1) is 17.8 Å². The second-order valence-corrected chi connectivity index (χ2v) is 11.0. The molecular formula is C14H28OSi. The summed E-state index contributed by atoms with van der Waals surface area (Å²) in [4.78, 5) is 0. The van der Waals surface area contributed by atoms with Crippen molar-refractivity contribution in [1.82, 2.24) is 0 Å². The molecule has 0 radical (unpaired) electrons. The molecular weight excluding hydrogens is 212 g/mol. The third-order valence-electron chi connectivity index (χ3n) is 3.48. The molecule has 0 aliphatic carbocycles. The Morgan fingerprint density at radius 1 is 1.19 bits per heavy atom. The van der Waals surface area contributed by atoms with Gasteiger partial charge in [0.1, 0.15) is 0 Å². The molecule has 0 amide bonds. The van der Waals surface area contributed by atoms with Gasteiger partial charge in [-0.2, -0.15) is 0 Å². The summed E-state index contributed by atoms with van der Waals surface area (Å²) < 4.78 is 6.40. The second kappa shape index (κ2) is 5.89. The van der Waals surface area contributed by atoms with E-state index < -0.39 is 8.32 Å². The van der Waals surface area contributed by atoms with E-state index in [9.17, 15) is 0 Å². The summed E-state index contributed by atoms with van der Waals surface area (Å²) in [5, 5.41) is 0.278. The molecule has 0 aliphatic rings. The summed E-state index contributed by atoms with van der Waals surface area (Å²) in [7, 11) is -1.65. The van der Waals surface area contributed by atoms with Gasteiger partial charge in [0.15, 0.2) is 8.32 Å². The third-order valence-corrected chi connectivity index (χ3v) is 7.98. The zero-order chi connectivity index (χ0) is 13.0. The van der Waals surface area contributed by atoms with Gasteiger partial charge in [0.2, 0.25) is 0 Å². The van der Waals surface area contributed by atoms with Gasteiger partial charge in [-0.1, -0.05) is 34.6 Å². The van der Waals surface area contributed by atoms with Crippen molar-refractivity contribution >= 4 is 8.32 Å². The van der Waals surface area contributed by atoms with E-state index in [1.54, 1.807) is 0 Å². The van der Waals surface area contributed by atoms with Crippen molar-refractivity contribution in [3.05, 3.63) is 0 Å². The average molecular weight is 240 g/mol. The largest absolute Gasteiger partial charge is 0.413 e. The third kappa shape index (κ3) is 4.72. The normalized spacial score (nSPS) is 14.6. The highest BCUT2D eigenvalue weighted by Gasteiger charge is 2.39. The molecule has 2 heteroatoms. The lowest BCUT2D eigenvalue weighted by Gasteiger charge is -2.40. The van der Waals surface area contributed by atoms with Crippen LogP contribution in [-0.2, 0) is 4.43 Å². The van der Waals surface area contributed by atoms with Gasteiger partial charge in [-0.3, -0.25) is 0 Å². The molecule has 0 bridgehead atoms. The van der Waals surface area contributed by atoms with Crippen molar-refractivity contribution < 1.29 is 4.43 Å². The predicted molar refractivity (Wildman–Crippen MR) is 75.0 cm³/mol. The maximum atomic E-state index is 6.40. The minimum Gasteiger partial charge on any atom is -0.413 e. The highest BCUT2D eigenvalue weighted by atomic mass is 28.4. The fourth-order valence-electron chi connectivity index (χ4n) is 1.17. The summed E-state index contributed by atoms with van der Waals surface area (Å²) >= 11 is 0. The molecule has 16 heavy (non-hydrogen) atoms. The molecule has 0 aliphatic heterocycles. The van der Waals surface area contributed by atoms with Crippen LogP contribution in [0.2, 0.25) is 18.1 Å². The Balaban J connectivity index is 4.66.